The van der Waals surface area contributed by atoms with Crippen molar-refractivity contribution >= 4 is 0 Å². The van der Waals surface area contributed by atoms with Gasteiger partial charge in [0.05, 0.1) is 6.61 Å². The number of aliphatic hydroxyl groups excluding tert-OH is 1. The minimum atomic E-state index is 0.206. The molecule has 1 aromatic rings. The zero-order chi connectivity index (χ0) is 10.9. The number of rotatable bonds is 7. The topological polar surface area (TPSA) is 44.3 Å². The molecule has 3 nitrogen and oxygen atoms in total. The van der Waals surface area contributed by atoms with E-state index in [0.717, 1.165) is 19.6 Å². The van der Waals surface area contributed by atoms with Crippen molar-refractivity contribution < 1.29 is 5.11 Å². The molecule has 3 N–H and O–H groups in total. The summed E-state index contributed by atoms with van der Waals surface area (Å²) in [5.74, 6) is 0. The summed E-state index contributed by atoms with van der Waals surface area (Å²) >= 11 is 0. The Balaban J connectivity index is 2.07. The molecule has 15 heavy (non-hydrogen) atoms. The molecule has 0 aromatic heterocycles. The standard InChI is InChI=1S/C12H20N2O/c1-11-2-4-12(5-3-11)10-14-7-6-13-8-9-15/h2-5,13-15H,6-10H2,1H3. The maximum Gasteiger partial charge on any atom is 0.0555 e. The molecular weight excluding hydrogens is 188 g/mol. The van der Waals surface area contributed by atoms with E-state index in [0.29, 0.717) is 6.54 Å². The van der Waals surface area contributed by atoms with E-state index in [2.05, 4.69) is 41.8 Å². The van der Waals surface area contributed by atoms with Gasteiger partial charge in [-0.1, -0.05) is 29.8 Å². The Labute approximate surface area is 91.5 Å². The van der Waals surface area contributed by atoms with Gasteiger partial charge in [-0.3, -0.25) is 0 Å². The van der Waals surface area contributed by atoms with Crippen LogP contribution in [0.2, 0.25) is 0 Å². The van der Waals surface area contributed by atoms with Gasteiger partial charge in [0.1, 0.15) is 0 Å². The molecule has 84 valence electrons. The van der Waals surface area contributed by atoms with Crippen molar-refractivity contribution in [2.75, 3.05) is 26.2 Å². The van der Waals surface area contributed by atoms with Crippen molar-refractivity contribution in [2.45, 2.75) is 13.5 Å². The highest BCUT2D eigenvalue weighted by Gasteiger charge is 1.91. The summed E-state index contributed by atoms with van der Waals surface area (Å²) in [6, 6.07) is 8.54. The Kier molecular flexibility index (Phi) is 6.00. The van der Waals surface area contributed by atoms with Crippen LogP contribution in [0.5, 0.6) is 0 Å². The Bertz CT molecular complexity index is 259. The van der Waals surface area contributed by atoms with Crippen LogP contribution >= 0.6 is 0 Å². The molecule has 0 aliphatic heterocycles. The van der Waals surface area contributed by atoms with E-state index < -0.39 is 0 Å². The number of aryl methyl sites for hydroxylation is 1. The van der Waals surface area contributed by atoms with Crippen LogP contribution in [0.3, 0.4) is 0 Å². The van der Waals surface area contributed by atoms with Gasteiger partial charge in [0.15, 0.2) is 0 Å². The van der Waals surface area contributed by atoms with Gasteiger partial charge in [0.2, 0.25) is 0 Å². The lowest BCUT2D eigenvalue weighted by molar-refractivity contribution is 0.292. The Morgan fingerprint density at radius 3 is 2.33 bits per heavy atom. The van der Waals surface area contributed by atoms with Crippen molar-refractivity contribution in [1.29, 1.82) is 0 Å². The monoisotopic (exact) mass is 208 g/mol. The minimum absolute atomic E-state index is 0.206. The number of hydrogen-bond donors (Lipinski definition) is 3. The van der Waals surface area contributed by atoms with Gasteiger partial charge in [0, 0.05) is 26.2 Å². The van der Waals surface area contributed by atoms with Crippen molar-refractivity contribution in [3.63, 3.8) is 0 Å². The summed E-state index contributed by atoms with van der Waals surface area (Å²) in [6.45, 7) is 5.70. The first-order chi connectivity index (χ1) is 7.33. The van der Waals surface area contributed by atoms with Crippen LogP contribution in [0.1, 0.15) is 11.1 Å². The van der Waals surface area contributed by atoms with Crippen molar-refractivity contribution in [3.8, 4) is 0 Å². The Hall–Kier alpha value is -0.900. The van der Waals surface area contributed by atoms with E-state index in [1.165, 1.54) is 11.1 Å². The average molecular weight is 208 g/mol. The fraction of sp³-hybridized carbons (Fsp3) is 0.500. The van der Waals surface area contributed by atoms with Gasteiger partial charge >= 0.3 is 0 Å². The molecule has 0 atom stereocenters. The summed E-state index contributed by atoms with van der Waals surface area (Å²) in [5, 5.41) is 15.0. The summed E-state index contributed by atoms with van der Waals surface area (Å²) in [4.78, 5) is 0. The first-order valence-electron chi connectivity index (χ1n) is 5.41. The molecule has 0 fully saturated rings. The van der Waals surface area contributed by atoms with Crippen molar-refractivity contribution in [1.82, 2.24) is 10.6 Å². The van der Waals surface area contributed by atoms with Gasteiger partial charge in [-0.25, -0.2) is 0 Å². The van der Waals surface area contributed by atoms with E-state index >= 15 is 0 Å². The maximum atomic E-state index is 8.54. The minimum Gasteiger partial charge on any atom is -0.395 e. The van der Waals surface area contributed by atoms with E-state index in [-0.39, 0.29) is 6.61 Å². The SMILES string of the molecule is Cc1ccc(CNCCNCCO)cc1. The van der Waals surface area contributed by atoms with Gasteiger partial charge in [0.25, 0.3) is 0 Å². The van der Waals surface area contributed by atoms with Gasteiger partial charge in [-0.05, 0) is 12.5 Å². The zero-order valence-corrected chi connectivity index (χ0v) is 9.29. The van der Waals surface area contributed by atoms with Crippen LogP contribution in [-0.4, -0.2) is 31.3 Å². The molecule has 1 aromatic carbocycles. The molecule has 0 saturated heterocycles. The number of hydrogen-bond acceptors (Lipinski definition) is 3. The van der Waals surface area contributed by atoms with Crippen LogP contribution < -0.4 is 10.6 Å². The molecule has 0 heterocycles. The first kappa shape index (κ1) is 12.2. The maximum absolute atomic E-state index is 8.54. The normalized spacial score (nSPS) is 10.5. The summed E-state index contributed by atoms with van der Waals surface area (Å²) in [7, 11) is 0. The molecule has 0 unspecified atom stereocenters. The smallest absolute Gasteiger partial charge is 0.0555 e. The first-order valence-corrected chi connectivity index (χ1v) is 5.41. The fourth-order valence-electron chi connectivity index (χ4n) is 1.32. The summed E-state index contributed by atoms with van der Waals surface area (Å²) in [6.07, 6.45) is 0. The van der Waals surface area contributed by atoms with Crippen LogP contribution in [0.25, 0.3) is 0 Å². The average Bonchev–Trinajstić information content (AvgIpc) is 2.26. The molecule has 0 radical (unpaired) electrons. The molecule has 1 rings (SSSR count). The third-order valence-corrected chi connectivity index (χ3v) is 2.22. The molecule has 0 spiro atoms. The molecule has 0 bridgehead atoms. The third-order valence-electron chi connectivity index (χ3n) is 2.22. The highest BCUT2D eigenvalue weighted by Crippen LogP contribution is 2.01. The summed E-state index contributed by atoms with van der Waals surface area (Å²) < 4.78 is 0. The second-order valence-electron chi connectivity index (χ2n) is 3.64. The zero-order valence-electron chi connectivity index (χ0n) is 9.29. The second kappa shape index (κ2) is 7.40. The number of benzene rings is 1. The predicted molar refractivity (Wildman–Crippen MR) is 62.8 cm³/mol. The fourth-order valence-corrected chi connectivity index (χ4v) is 1.32. The lowest BCUT2D eigenvalue weighted by atomic mass is 10.1. The molecule has 0 aliphatic rings. The molecule has 3 heteroatoms. The van der Waals surface area contributed by atoms with E-state index in [4.69, 9.17) is 5.11 Å². The predicted octanol–water partition coefficient (Wildman–Crippen LogP) is 0.667. The quantitative estimate of drug-likeness (QED) is 0.577. The largest absolute Gasteiger partial charge is 0.395 e. The highest BCUT2D eigenvalue weighted by atomic mass is 16.3. The Morgan fingerprint density at radius 2 is 1.67 bits per heavy atom. The number of aliphatic hydroxyl groups is 1. The lowest BCUT2D eigenvalue weighted by Gasteiger charge is -2.05. The van der Waals surface area contributed by atoms with Gasteiger partial charge in [-0.2, -0.15) is 0 Å². The Morgan fingerprint density at radius 1 is 1.00 bits per heavy atom. The van der Waals surface area contributed by atoms with Crippen LogP contribution in [0, 0.1) is 6.92 Å². The van der Waals surface area contributed by atoms with Crippen molar-refractivity contribution in [3.05, 3.63) is 35.4 Å². The van der Waals surface area contributed by atoms with Crippen LogP contribution in [0.15, 0.2) is 24.3 Å². The van der Waals surface area contributed by atoms with Crippen LogP contribution in [-0.2, 0) is 6.54 Å². The van der Waals surface area contributed by atoms with Crippen molar-refractivity contribution in [2.24, 2.45) is 0 Å². The van der Waals surface area contributed by atoms with E-state index in [9.17, 15) is 0 Å². The number of nitrogens with one attached hydrogen (secondary N) is 2. The molecule has 0 amide bonds. The van der Waals surface area contributed by atoms with Gasteiger partial charge < -0.3 is 15.7 Å². The molecule has 0 saturated carbocycles. The molecule has 0 aliphatic carbocycles. The molecular formula is C12H20N2O. The van der Waals surface area contributed by atoms with E-state index in [1.807, 2.05) is 0 Å². The summed E-state index contributed by atoms with van der Waals surface area (Å²) in [5.41, 5.74) is 2.60. The van der Waals surface area contributed by atoms with Crippen LogP contribution in [0.4, 0.5) is 0 Å². The lowest BCUT2D eigenvalue weighted by Crippen LogP contribution is -2.28. The van der Waals surface area contributed by atoms with Gasteiger partial charge in [-0.15, -0.1) is 0 Å². The third kappa shape index (κ3) is 5.52. The van der Waals surface area contributed by atoms with E-state index in [1.54, 1.807) is 0 Å². The second-order valence-corrected chi connectivity index (χ2v) is 3.64. The highest BCUT2D eigenvalue weighted by molar-refractivity contribution is 5.20.